The zero-order valence-electron chi connectivity index (χ0n) is 4.92. The van der Waals surface area contributed by atoms with Gasteiger partial charge in [-0.05, 0) is 0 Å². The Balaban J connectivity index is 0. The van der Waals surface area contributed by atoms with Crippen molar-refractivity contribution in [3.8, 4) is 0 Å². The van der Waals surface area contributed by atoms with Crippen molar-refractivity contribution < 1.29 is 105 Å². The summed E-state index contributed by atoms with van der Waals surface area (Å²) in [5, 5.41) is 0. The molecule has 3 radical (unpaired) electrons. The quantitative estimate of drug-likeness (QED) is 0.318. The first kappa shape index (κ1) is 79.2. The van der Waals surface area contributed by atoms with Gasteiger partial charge in [0.2, 0.25) is 0 Å². The van der Waals surface area contributed by atoms with Gasteiger partial charge in [0.25, 0.3) is 0 Å². The van der Waals surface area contributed by atoms with E-state index in [1.165, 1.54) is 0 Å². The molecule has 0 amide bonds. The van der Waals surface area contributed by atoms with Crippen LogP contribution in [0.2, 0.25) is 0 Å². The second kappa shape index (κ2) is 57.2. The van der Waals surface area contributed by atoms with Crippen LogP contribution in [0.5, 0.6) is 0 Å². The minimum absolute atomic E-state index is 0. The molecule has 0 heterocycles. The van der Waals surface area contributed by atoms with Gasteiger partial charge in [-0.3, -0.25) is 0 Å². The summed E-state index contributed by atoms with van der Waals surface area (Å²) in [4.78, 5) is 0. The molecule has 0 unspecified atom stereocenters. The standard InChI is InChI=1S/Al.3Na.3H2O/h;;;;3*1H2/q;3*+1;;;/p-3. The molecule has 7 heavy (non-hydrogen) atoms. The van der Waals surface area contributed by atoms with E-state index in [9.17, 15) is 0 Å². The second-order valence-corrected chi connectivity index (χ2v) is 0. The molecule has 0 aromatic heterocycles. The van der Waals surface area contributed by atoms with Crippen LogP contribution in [0.25, 0.3) is 0 Å². The molecular weight excluding hydrogens is 144 g/mol. The van der Waals surface area contributed by atoms with E-state index in [0.29, 0.717) is 0 Å². The molecule has 0 fully saturated rings. The fourth-order valence-corrected chi connectivity index (χ4v) is 0. The fraction of sp³-hybridized carbons (Fsp3) is 0. The van der Waals surface area contributed by atoms with Gasteiger partial charge in [-0.25, -0.2) is 0 Å². The Morgan fingerprint density at radius 2 is 0.429 bits per heavy atom. The minimum Gasteiger partial charge on any atom is -0.870 e. The van der Waals surface area contributed by atoms with E-state index in [4.69, 9.17) is 0 Å². The molecule has 0 aromatic carbocycles. The first-order valence-electron chi connectivity index (χ1n) is 0. The van der Waals surface area contributed by atoms with Gasteiger partial charge in [0.05, 0.1) is 0 Å². The monoisotopic (exact) mass is 147 g/mol. The average molecular weight is 147 g/mol. The normalized spacial score (nSPS) is 0. The van der Waals surface area contributed by atoms with Crippen molar-refractivity contribution in [2.75, 3.05) is 0 Å². The maximum absolute atomic E-state index is 0. The molecule has 3 N–H and O–H groups in total. The Morgan fingerprint density at radius 3 is 0.429 bits per heavy atom. The van der Waals surface area contributed by atoms with Crippen LogP contribution in [-0.4, -0.2) is 33.8 Å². The first-order valence-corrected chi connectivity index (χ1v) is 0. The zero-order chi connectivity index (χ0) is 0. The van der Waals surface area contributed by atoms with Crippen molar-refractivity contribution in [3.63, 3.8) is 0 Å². The van der Waals surface area contributed by atoms with Crippen molar-refractivity contribution in [3.05, 3.63) is 0 Å². The van der Waals surface area contributed by atoms with Crippen LogP contribution in [0.1, 0.15) is 0 Å². The Labute approximate surface area is 120 Å². The predicted molar refractivity (Wildman–Crippen MR) is 11.6 cm³/mol. The van der Waals surface area contributed by atoms with Gasteiger partial charge in [0.15, 0.2) is 0 Å². The van der Waals surface area contributed by atoms with E-state index >= 15 is 0 Å². The van der Waals surface area contributed by atoms with Crippen molar-refractivity contribution in [2.45, 2.75) is 0 Å². The Kier molecular flexibility index (Phi) is 647. The molecule has 0 aliphatic heterocycles. The summed E-state index contributed by atoms with van der Waals surface area (Å²) in [6.45, 7) is 0. The first-order chi connectivity index (χ1) is 0. The van der Waals surface area contributed by atoms with Gasteiger partial charge in [0, 0.05) is 17.4 Å². The minimum atomic E-state index is 0. The molecule has 0 saturated heterocycles. The van der Waals surface area contributed by atoms with Crippen LogP contribution in [0.15, 0.2) is 0 Å². The van der Waals surface area contributed by atoms with Gasteiger partial charge in [0.1, 0.15) is 0 Å². The van der Waals surface area contributed by atoms with Gasteiger partial charge in [-0.2, -0.15) is 0 Å². The third-order valence-corrected chi connectivity index (χ3v) is 0. The summed E-state index contributed by atoms with van der Waals surface area (Å²) in [5.41, 5.74) is 0. The smallest absolute Gasteiger partial charge is 0.870 e. The fourth-order valence-electron chi connectivity index (χ4n) is 0. The molecule has 27 valence electrons. The van der Waals surface area contributed by atoms with Gasteiger partial charge < -0.3 is 16.4 Å². The summed E-state index contributed by atoms with van der Waals surface area (Å²) in [6.07, 6.45) is 0. The molecule has 0 atom stereocenters. The van der Waals surface area contributed by atoms with Crippen molar-refractivity contribution >= 4 is 17.4 Å². The predicted octanol–water partition coefficient (Wildman–Crippen LogP) is -9.90. The average Bonchev–Trinajstić information content (AvgIpc) is 0. The van der Waals surface area contributed by atoms with Crippen LogP contribution in [0.3, 0.4) is 0 Å². The van der Waals surface area contributed by atoms with Crippen LogP contribution in [-0.2, 0) is 0 Å². The van der Waals surface area contributed by atoms with Crippen molar-refractivity contribution in [2.24, 2.45) is 0 Å². The van der Waals surface area contributed by atoms with E-state index in [0.717, 1.165) is 0 Å². The van der Waals surface area contributed by atoms with E-state index in [1.54, 1.807) is 0 Å². The van der Waals surface area contributed by atoms with Gasteiger partial charge in [-0.1, -0.05) is 0 Å². The third-order valence-electron chi connectivity index (χ3n) is 0. The molecule has 0 aliphatic carbocycles. The van der Waals surface area contributed by atoms with Crippen LogP contribution in [0, 0.1) is 0 Å². The summed E-state index contributed by atoms with van der Waals surface area (Å²) in [7, 11) is 0. The van der Waals surface area contributed by atoms with Crippen LogP contribution < -0.4 is 88.7 Å². The Morgan fingerprint density at radius 1 is 0.429 bits per heavy atom. The van der Waals surface area contributed by atoms with Gasteiger partial charge in [-0.15, -0.1) is 0 Å². The van der Waals surface area contributed by atoms with Gasteiger partial charge >= 0.3 is 88.7 Å². The summed E-state index contributed by atoms with van der Waals surface area (Å²) in [5.74, 6) is 0. The SMILES string of the molecule is [Al].[Na+].[Na+].[Na+].[OH-].[OH-].[OH-]. The zero-order valence-corrected chi connectivity index (χ0v) is 12.1. The molecule has 7 heteroatoms. The third kappa shape index (κ3) is 44.4. The number of hydrogen-bond acceptors (Lipinski definition) is 3. The van der Waals surface area contributed by atoms with Crippen molar-refractivity contribution in [1.82, 2.24) is 0 Å². The Hall–Kier alpha value is 3.41. The molecule has 0 saturated carbocycles. The molecule has 0 spiro atoms. The number of rotatable bonds is 0. The molecule has 3 nitrogen and oxygen atoms in total. The maximum Gasteiger partial charge on any atom is 1.00 e. The van der Waals surface area contributed by atoms with E-state index in [1.807, 2.05) is 0 Å². The molecular formula is H3AlNa3O3. The summed E-state index contributed by atoms with van der Waals surface area (Å²) in [6, 6.07) is 0. The molecule has 0 aromatic rings. The molecule has 0 aliphatic rings. The topological polar surface area (TPSA) is 90.0 Å². The van der Waals surface area contributed by atoms with Crippen molar-refractivity contribution in [1.29, 1.82) is 0 Å². The number of hydrogen-bond donors (Lipinski definition) is 0. The van der Waals surface area contributed by atoms with E-state index < -0.39 is 0 Å². The van der Waals surface area contributed by atoms with Crippen LogP contribution >= 0.6 is 0 Å². The molecule has 0 bridgehead atoms. The second-order valence-electron chi connectivity index (χ2n) is 0. The van der Waals surface area contributed by atoms with Crippen LogP contribution in [0.4, 0.5) is 0 Å². The maximum atomic E-state index is 0. The largest absolute Gasteiger partial charge is 1.00 e. The summed E-state index contributed by atoms with van der Waals surface area (Å²) < 4.78 is 0. The van der Waals surface area contributed by atoms with E-state index in [2.05, 4.69) is 0 Å². The molecule has 0 rings (SSSR count). The summed E-state index contributed by atoms with van der Waals surface area (Å²) >= 11 is 0. The van der Waals surface area contributed by atoms with E-state index in [-0.39, 0.29) is 122 Å². The Bertz CT molecular complexity index is 10.1.